The first-order valence-electron chi connectivity index (χ1n) is 15.2. The molecular formula is C34H35F3N10. The standard InChI is InChI=1S/C34H35F3N10/c1-20-24(28-16-40-19-46(28)5)7-6-8-25(20)31(27-17-47(45-44-27)33(9-10-33)34(35,36)37)43-23-11-21(13-38)29-26(12-23)30(22(14-39)15-41-29)42-18-32(2,3)4/h6-8,11-12,15-17,19,31,43-45H,9-10,18H2,1-5H3,(H,41,42)/t31-/m0/s1. The Kier molecular flexibility index (Phi) is 7.77. The molecule has 242 valence electrons. The summed E-state index contributed by atoms with van der Waals surface area (Å²) in [7, 11) is 1.90. The molecule has 0 saturated heterocycles. The van der Waals surface area contributed by atoms with Crippen molar-refractivity contribution in [3.05, 3.63) is 83.2 Å². The average molecular weight is 641 g/mol. The molecule has 10 nitrogen and oxygen atoms in total. The molecule has 1 fully saturated rings. The lowest BCUT2D eigenvalue weighted by Gasteiger charge is -2.28. The highest BCUT2D eigenvalue weighted by atomic mass is 19.4. The number of nitrogens with zero attached hydrogens (tertiary/aromatic N) is 6. The molecule has 3 heterocycles. The Balaban J connectivity index is 1.49. The molecule has 2 aromatic heterocycles. The molecule has 0 bridgehead atoms. The van der Waals surface area contributed by atoms with Crippen LogP contribution in [0.3, 0.4) is 0 Å². The fourth-order valence-corrected chi connectivity index (χ4v) is 5.94. The number of pyridine rings is 1. The number of nitrogens with one attached hydrogen (secondary N) is 4. The molecule has 2 aliphatic rings. The van der Waals surface area contributed by atoms with Crippen molar-refractivity contribution >= 4 is 22.3 Å². The lowest BCUT2D eigenvalue weighted by molar-refractivity contribution is -0.195. The second-order valence-electron chi connectivity index (χ2n) is 13.3. The second kappa shape index (κ2) is 11.5. The molecule has 6 rings (SSSR count). The zero-order chi connectivity index (χ0) is 33.7. The number of benzene rings is 2. The second-order valence-corrected chi connectivity index (χ2v) is 13.3. The molecule has 0 amide bonds. The maximum absolute atomic E-state index is 14.1. The predicted octanol–water partition coefficient (Wildman–Crippen LogP) is 6.56. The van der Waals surface area contributed by atoms with E-state index in [0.29, 0.717) is 40.1 Å². The SMILES string of the molecule is Cc1c(-c2cncn2C)cccc1[C@H](Nc1cc(C#N)c2ncc(C#N)c(NCC(C)(C)C)c2c1)C1=CN(C2(C(F)(F)F)CC2)NN1. The van der Waals surface area contributed by atoms with E-state index in [0.717, 1.165) is 27.4 Å². The molecule has 4 aromatic rings. The van der Waals surface area contributed by atoms with Crippen LogP contribution < -0.4 is 21.6 Å². The van der Waals surface area contributed by atoms with Crippen molar-refractivity contribution < 1.29 is 13.2 Å². The van der Waals surface area contributed by atoms with Crippen molar-refractivity contribution in [2.75, 3.05) is 17.2 Å². The summed E-state index contributed by atoms with van der Waals surface area (Å²) in [5.74, 6) is 0. The van der Waals surface area contributed by atoms with Crippen LogP contribution in [0, 0.1) is 35.0 Å². The van der Waals surface area contributed by atoms with Crippen LogP contribution in [-0.2, 0) is 7.05 Å². The average Bonchev–Trinajstić information content (AvgIpc) is 3.52. The van der Waals surface area contributed by atoms with E-state index in [1.165, 1.54) is 12.4 Å². The highest BCUT2D eigenvalue weighted by Crippen LogP contribution is 2.54. The van der Waals surface area contributed by atoms with Gasteiger partial charge in [-0.15, -0.1) is 5.53 Å². The zero-order valence-corrected chi connectivity index (χ0v) is 26.7. The highest BCUT2D eigenvalue weighted by molar-refractivity contribution is 5.99. The number of aryl methyl sites for hydroxylation is 1. The van der Waals surface area contributed by atoms with Crippen LogP contribution in [0.4, 0.5) is 24.5 Å². The van der Waals surface area contributed by atoms with E-state index < -0.39 is 17.8 Å². The number of rotatable bonds is 8. The van der Waals surface area contributed by atoms with Crippen molar-refractivity contribution in [1.29, 1.82) is 10.5 Å². The van der Waals surface area contributed by atoms with Crippen molar-refractivity contribution in [3.63, 3.8) is 0 Å². The van der Waals surface area contributed by atoms with Gasteiger partial charge in [-0.25, -0.2) is 4.98 Å². The van der Waals surface area contributed by atoms with Gasteiger partial charge in [0.25, 0.3) is 0 Å². The van der Waals surface area contributed by atoms with Gasteiger partial charge in [-0.3, -0.25) is 9.99 Å². The molecule has 2 aromatic carbocycles. The van der Waals surface area contributed by atoms with Gasteiger partial charge >= 0.3 is 6.18 Å². The number of nitriles is 2. The third kappa shape index (κ3) is 5.79. The van der Waals surface area contributed by atoms with E-state index in [-0.39, 0.29) is 23.8 Å². The molecule has 4 N–H and O–H groups in total. The Morgan fingerprint density at radius 3 is 2.45 bits per heavy atom. The zero-order valence-electron chi connectivity index (χ0n) is 26.7. The Hall–Kier alpha value is -5.27. The topological polar surface area (TPSA) is 130 Å². The van der Waals surface area contributed by atoms with Crippen molar-refractivity contribution in [3.8, 4) is 23.4 Å². The lowest BCUT2D eigenvalue weighted by atomic mass is 9.93. The number of aromatic nitrogens is 3. The summed E-state index contributed by atoms with van der Waals surface area (Å²) < 4.78 is 44.2. The van der Waals surface area contributed by atoms with E-state index in [1.54, 1.807) is 18.6 Å². The summed E-state index contributed by atoms with van der Waals surface area (Å²) >= 11 is 0. The number of hydrogen-bond acceptors (Lipinski definition) is 9. The number of alkyl halides is 3. The van der Waals surface area contributed by atoms with Gasteiger partial charge in [0.2, 0.25) is 0 Å². The quantitative estimate of drug-likeness (QED) is 0.169. The molecule has 0 spiro atoms. The van der Waals surface area contributed by atoms with Gasteiger partial charge in [-0.2, -0.15) is 23.7 Å². The maximum Gasteiger partial charge on any atom is 0.413 e. The first kappa shape index (κ1) is 31.7. The number of hydrazine groups is 2. The Morgan fingerprint density at radius 1 is 1.09 bits per heavy atom. The van der Waals surface area contributed by atoms with Gasteiger partial charge in [-0.1, -0.05) is 39.0 Å². The number of fused-ring (bicyclic) bond motifs is 1. The smallest absolute Gasteiger partial charge is 0.383 e. The van der Waals surface area contributed by atoms with Crippen LogP contribution in [0.1, 0.15) is 61.9 Å². The number of hydrogen-bond donors (Lipinski definition) is 4. The number of imidazole rings is 1. The summed E-state index contributed by atoms with van der Waals surface area (Å²) in [6.45, 7) is 8.73. The van der Waals surface area contributed by atoms with Gasteiger partial charge in [0.1, 0.15) is 12.1 Å². The summed E-state index contributed by atoms with van der Waals surface area (Å²) in [6, 6.07) is 13.0. The van der Waals surface area contributed by atoms with Gasteiger partial charge < -0.3 is 20.6 Å². The fourth-order valence-electron chi connectivity index (χ4n) is 5.94. The van der Waals surface area contributed by atoms with Crippen molar-refractivity contribution in [2.45, 2.75) is 58.3 Å². The van der Waals surface area contributed by atoms with Crippen molar-refractivity contribution in [1.82, 2.24) is 30.5 Å². The van der Waals surface area contributed by atoms with Gasteiger partial charge in [0, 0.05) is 42.6 Å². The molecule has 1 saturated carbocycles. The van der Waals surface area contributed by atoms with Crippen LogP contribution in [0.15, 0.2) is 60.9 Å². The Morgan fingerprint density at radius 2 is 1.83 bits per heavy atom. The Labute approximate surface area is 270 Å². The normalized spacial score (nSPS) is 16.2. The molecule has 47 heavy (non-hydrogen) atoms. The van der Waals surface area contributed by atoms with E-state index in [9.17, 15) is 23.7 Å². The maximum atomic E-state index is 14.1. The van der Waals surface area contributed by atoms with Crippen molar-refractivity contribution in [2.24, 2.45) is 12.5 Å². The predicted molar refractivity (Wildman–Crippen MR) is 173 cm³/mol. The van der Waals surface area contributed by atoms with Gasteiger partial charge in [0.15, 0.2) is 5.54 Å². The van der Waals surface area contributed by atoms with E-state index in [4.69, 9.17) is 0 Å². The number of anilines is 2. The minimum atomic E-state index is -4.42. The summed E-state index contributed by atoms with van der Waals surface area (Å²) in [5.41, 5.74) is 9.74. The Bertz CT molecular complexity index is 1970. The number of halogens is 3. The van der Waals surface area contributed by atoms with Crippen LogP contribution in [0.2, 0.25) is 0 Å². The molecule has 0 radical (unpaired) electrons. The van der Waals surface area contributed by atoms with Crippen LogP contribution in [0.5, 0.6) is 0 Å². The third-order valence-electron chi connectivity index (χ3n) is 8.71. The van der Waals surface area contributed by atoms with E-state index in [2.05, 4.69) is 64.5 Å². The van der Waals surface area contributed by atoms with Crippen LogP contribution in [0.25, 0.3) is 22.2 Å². The minimum Gasteiger partial charge on any atom is -0.383 e. The molecule has 13 heteroatoms. The van der Waals surface area contributed by atoms with Crippen LogP contribution in [-0.4, -0.2) is 37.8 Å². The molecule has 1 aliphatic heterocycles. The fraction of sp³-hybridized carbons (Fsp3) is 0.353. The summed E-state index contributed by atoms with van der Waals surface area (Å²) in [6.07, 6.45) is 1.94. The third-order valence-corrected chi connectivity index (χ3v) is 8.71. The highest BCUT2D eigenvalue weighted by Gasteiger charge is 2.67. The molecule has 1 aliphatic carbocycles. The first-order valence-corrected chi connectivity index (χ1v) is 15.2. The van der Waals surface area contributed by atoms with Crippen LogP contribution >= 0.6 is 0 Å². The molecule has 0 unspecified atom stereocenters. The monoisotopic (exact) mass is 640 g/mol. The van der Waals surface area contributed by atoms with E-state index in [1.807, 2.05) is 42.8 Å². The van der Waals surface area contributed by atoms with E-state index >= 15 is 0 Å². The molecule has 1 atom stereocenters. The largest absolute Gasteiger partial charge is 0.413 e. The van der Waals surface area contributed by atoms with Gasteiger partial charge in [0.05, 0.1) is 52.3 Å². The summed E-state index contributed by atoms with van der Waals surface area (Å²) in [4.78, 5) is 8.71. The summed E-state index contributed by atoms with van der Waals surface area (Å²) in [5, 5.41) is 28.7. The lowest BCUT2D eigenvalue weighted by Crippen LogP contribution is -2.52. The minimum absolute atomic E-state index is 0.0170. The molecular weight excluding hydrogens is 605 g/mol. The van der Waals surface area contributed by atoms with Gasteiger partial charge in [-0.05, 0) is 48.4 Å². The first-order chi connectivity index (χ1) is 22.3.